The lowest BCUT2D eigenvalue weighted by molar-refractivity contribution is -0.123. The quantitative estimate of drug-likeness (QED) is 0.483. The standard InChI is InChI=1S/C25H25Cl2N3O3/c1-14(2)30-12-11-20-17(13-30)22(16-7-4-5-9-19(16)28-20)25(32)33-15(3)24(31)29-21-10-6-8-18(26)23(21)27/h4-10,14-15H,11-13H2,1-3H3,(H,29,31). The van der Waals surface area contributed by atoms with Gasteiger partial charge < -0.3 is 10.1 Å². The maximum Gasteiger partial charge on any atom is 0.339 e. The van der Waals surface area contributed by atoms with E-state index in [0.717, 1.165) is 35.1 Å². The van der Waals surface area contributed by atoms with Gasteiger partial charge in [-0.25, -0.2) is 4.79 Å². The van der Waals surface area contributed by atoms with Gasteiger partial charge in [0.25, 0.3) is 5.91 Å². The van der Waals surface area contributed by atoms with E-state index < -0.39 is 18.0 Å². The van der Waals surface area contributed by atoms with Crippen LogP contribution in [0.25, 0.3) is 10.9 Å². The van der Waals surface area contributed by atoms with Gasteiger partial charge >= 0.3 is 5.97 Å². The summed E-state index contributed by atoms with van der Waals surface area (Å²) in [6.45, 7) is 7.27. The molecule has 0 spiro atoms. The second kappa shape index (κ2) is 9.67. The predicted molar refractivity (Wildman–Crippen MR) is 131 cm³/mol. The SMILES string of the molecule is CC(OC(=O)c1c2c(nc3ccccc13)CCN(C(C)C)C2)C(=O)Nc1cccc(Cl)c1Cl. The zero-order valence-corrected chi connectivity index (χ0v) is 20.2. The molecule has 0 aliphatic carbocycles. The Morgan fingerprint density at radius 1 is 1.09 bits per heavy atom. The van der Waals surface area contributed by atoms with Gasteiger partial charge in [-0.1, -0.05) is 47.5 Å². The van der Waals surface area contributed by atoms with Gasteiger partial charge in [-0.15, -0.1) is 0 Å². The van der Waals surface area contributed by atoms with Crippen molar-refractivity contribution in [1.29, 1.82) is 0 Å². The number of nitrogens with zero attached hydrogens (tertiary/aromatic N) is 2. The molecule has 172 valence electrons. The van der Waals surface area contributed by atoms with Crippen LogP contribution in [0.15, 0.2) is 42.5 Å². The first-order chi connectivity index (χ1) is 15.8. The van der Waals surface area contributed by atoms with E-state index in [9.17, 15) is 9.59 Å². The molecule has 1 aliphatic rings. The molecule has 1 aliphatic heterocycles. The molecule has 1 aromatic heterocycles. The summed E-state index contributed by atoms with van der Waals surface area (Å²) in [4.78, 5) is 33.2. The summed E-state index contributed by atoms with van der Waals surface area (Å²) < 4.78 is 5.64. The average Bonchev–Trinajstić information content (AvgIpc) is 2.79. The van der Waals surface area contributed by atoms with Crippen molar-refractivity contribution in [3.8, 4) is 0 Å². The maximum absolute atomic E-state index is 13.4. The summed E-state index contributed by atoms with van der Waals surface area (Å²) >= 11 is 12.2. The number of halogens is 2. The largest absolute Gasteiger partial charge is 0.449 e. The Labute approximate surface area is 202 Å². The number of hydrogen-bond acceptors (Lipinski definition) is 5. The zero-order chi connectivity index (χ0) is 23.7. The first kappa shape index (κ1) is 23.5. The van der Waals surface area contributed by atoms with Crippen molar-refractivity contribution in [3.05, 3.63) is 69.3 Å². The third-order valence-electron chi connectivity index (χ3n) is 5.87. The number of esters is 1. The van der Waals surface area contributed by atoms with Gasteiger partial charge in [0.05, 0.1) is 26.8 Å². The number of aromatic nitrogens is 1. The molecule has 3 aromatic rings. The van der Waals surface area contributed by atoms with Gasteiger partial charge in [-0.2, -0.15) is 0 Å². The highest BCUT2D eigenvalue weighted by Crippen LogP contribution is 2.31. The number of ether oxygens (including phenoxy) is 1. The van der Waals surface area contributed by atoms with Crippen LogP contribution in [-0.2, 0) is 22.5 Å². The summed E-state index contributed by atoms with van der Waals surface area (Å²) in [7, 11) is 0. The molecule has 1 unspecified atom stereocenters. The number of amides is 1. The van der Waals surface area contributed by atoms with E-state index in [1.165, 1.54) is 6.92 Å². The minimum atomic E-state index is -1.04. The van der Waals surface area contributed by atoms with Crippen LogP contribution in [0.2, 0.25) is 10.0 Å². The highest BCUT2D eigenvalue weighted by molar-refractivity contribution is 6.44. The summed E-state index contributed by atoms with van der Waals surface area (Å²) in [6.07, 6.45) is -0.290. The molecule has 1 atom stereocenters. The minimum absolute atomic E-state index is 0.231. The Kier molecular flexibility index (Phi) is 6.88. The van der Waals surface area contributed by atoms with Gasteiger partial charge in [0, 0.05) is 42.2 Å². The minimum Gasteiger partial charge on any atom is -0.449 e. The number of benzene rings is 2. The van der Waals surface area contributed by atoms with Crippen molar-refractivity contribution in [2.75, 3.05) is 11.9 Å². The number of anilines is 1. The molecule has 33 heavy (non-hydrogen) atoms. The summed E-state index contributed by atoms with van der Waals surface area (Å²) in [6, 6.07) is 12.8. The fourth-order valence-electron chi connectivity index (χ4n) is 3.99. The summed E-state index contributed by atoms with van der Waals surface area (Å²) in [5.41, 5.74) is 3.34. The first-order valence-corrected chi connectivity index (χ1v) is 11.6. The van der Waals surface area contributed by atoms with Crippen molar-refractivity contribution >= 4 is 51.7 Å². The number of para-hydroxylation sites is 1. The number of rotatable bonds is 5. The van der Waals surface area contributed by atoms with Crippen LogP contribution in [0.4, 0.5) is 5.69 Å². The first-order valence-electron chi connectivity index (χ1n) is 10.9. The van der Waals surface area contributed by atoms with E-state index in [4.69, 9.17) is 32.9 Å². The summed E-state index contributed by atoms with van der Waals surface area (Å²) in [5.74, 6) is -1.04. The average molecular weight is 486 g/mol. The van der Waals surface area contributed by atoms with E-state index in [1.807, 2.05) is 24.3 Å². The van der Waals surface area contributed by atoms with Crippen LogP contribution in [0.1, 0.15) is 42.4 Å². The van der Waals surface area contributed by atoms with Gasteiger partial charge in [-0.3, -0.25) is 14.7 Å². The summed E-state index contributed by atoms with van der Waals surface area (Å²) in [5, 5.41) is 3.95. The second-order valence-corrected chi connectivity index (χ2v) is 9.17. The van der Waals surface area contributed by atoms with Crippen LogP contribution in [0.5, 0.6) is 0 Å². The van der Waals surface area contributed by atoms with Crippen molar-refractivity contribution in [2.45, 2.75) is 45.9 Å². The molecular weight excluding hydrogens is 461 g/mol. The van der Waals surface area contributed by atoms with Crippen molar-refractivity contribution < 1.29 is 14.3 Å². The molecule has 0 radical (unpaired) electrons. The Hall–Kier alpha value is -2.67. The lowest BCUT2D eigenvalue weighted by Crippen LogP contribution is -2.37. The second-order valence-electron chi connectivity index (χ2n) is 8.38. The number of carbonyl (C=O) groups excluding carboxylic acids is 2. The van der Waals surface area contributed by atoms with Gasteiger partial charge in [-0.05, 0) is 39.0 Å². The van der Waals surface area contributed by atoms with Crippen LogP contribution in [0.3, 0.4) is 0 Å². The van der Waals surface area contributed by atoms with Gasteiger partial charge in [0.15, 0.2) is 6.10 Å². The van der Waals surface area contributed by atoms with E-state index >= 15 is 0 Å². The monoisotopic (exact) mass is 485 g/mol. The van der Waals surface area contributed by atoms with Crippen molar-refractivity contribution in [2.24, 2.45) is 0 Å². The molecule has 2 heterocycles. The van der Waals surface area contributed by atoms with Gasteiger partial charge in [0.2, 0.25) is 0 Å². The van der Waals surface area contributed by atoms with Crippen LogP contribution < -0.4 is 5.32 Å². The molecule has 0 saturated heterocycles. The molecule has 4 rings (SSSR count). The van der Waals surface area contributed by atoms with Crippen LogP contribution >= 0.6 is 23.2 Å². The molecule has 1 amide bonds. The fraction of sp³-hybridized carbons (Fsp3) is 0.320. The lowest BCUT2D eigenvalue weighted by Gasteiger charge is -2.32. The van der Waals surface area contributed by atoms with E-state index in [-0.39, 0.29) is 5.02 Å². The molecule has 6 nitrogen and oxygen atoms in total. The van der Waals surface area contributed by atoms with E-state index in [1.54, 1.807) is 18.2 Å². The number of nitrogens with one attached hydrogen (secondary N) is 1. The molecular formula is C25H25Cl2N3O3. The Balaban J connectivity index is 1.63. The molecule has 0 bridgehead atoms. The highest BCUT2D eigenvalue weighted by atomic mass is 35.5. The molecule has 1 N–H and O–H groups in total. The zero-order valence-electron chi connectivity index (χ0n) is 18.7. The maximum atomic E-state index is 13.4. The molecule has 0 fully saturated rings. The van der Waals surface area contributed by atoms with Crippen molar-refractivity contribution in [3.63, 3.8) is 0 Å². The number of hydrogen-bond donors (Lipinski definition) is 1. The van der Waals surface area contributed by atoms with E-state index in [2.05, 4.69) is 24.1 Å². The fourth-order valence-corrected chi connectivity index (χ4v) is 4.34. The molecule has 2 aromatic carbocycles. The van der Waals surface area contributed by atoms with Crippen LogP contribution in [-0.4, -0.2) is 40.5 Å². The smallest absolute Gasteiger partial charge is 0.339 e. The van der Waals surface area contributed by atoms with E-state index in [0.29, 0.717) is 28.9 Å². The third kappa shape index (κ3) is 4.83. The number of fused-ring (bicyclic) bond motifs is 2. The third-order valence-corrected chi connectivity index (χ3v) is 6.69. The Morgan fingerprint density at radius 2 is 1.85 bits per heavy atom. The van der Waals surface area contributed by atoms with Gasteiger partial charge in [0.1, 0.15) is 0 Å². The number of carbonyl (C=O) groups is 2. The Bertz CT molecular complexity index is 1230. The Morgan fingerprint density at radius 3 is 2.61 bits per heavy atom. The molecule has 0 saturated carbocycles. The predicted octanol–water partition coefficient (Wildman–Crippen LogP) is 5.49. The highest BCUT2D eigenvalue weighted by Gasteiger charge is 2.29. The van der Waals surface area contributed by atoms with Crippen LogP contribution in [0, 0.1) is 0 Å². The number of pyridine rings is 1. The van der Waals surface area contributed by atoms with Crippen molar-refractivity contribution in [1.82, 2.24) is 9.88 Å². The topological polar surface area (TPSA) is 71.5 Å². The lowest BCUT2D eigenvalue weighted by atomic mass is 9.95. The molecule has 8 heteroatoms. The normalized spacial score (nSPS) is 14.7.